The summed E-state index contributed by atoms with van der Waals surface area (Å²) in [5.41, 5.74) is 1.21. The van der Waals surface area contributed by atoms with Gasteiger partial charge >= 0.3 is 5.97 Å². The molecule has 4 nitrogen and oxygen atoms in total. The van der Waals surface area contributed by atoms with Crippen molar-refractivity contribution in [2.75, 3.05) is 5.32 Å². The molecule has 0 aliphatic rings. The molecule has 2 N–H and O–H groups in total. The molecule has 1 heterocycles. The van der Waals surface area contributed by atoms with E-state index < -0.39 is 11.8 Å². The van der Waals surface area contributed by atoms with Gasteiger partial charge in [-0.05, 0) is 31.2 Å². The minimum absolute atomic E-state index is 0.119. The average Bonchev–Trinajstić information content (AvgIpc) is 2.67. The maximum Gasteiger partial charge on any atom is 0.371 e. The Morgan fingerprint density at radius 2 is 2.16 bits per heavy atom. The van der Waals surface area contributed by atoms with Gasteiger partial charge in [0.15, 0.2) is 0 Å². The SMILES string of the molecule is Cc1oc(C(=O)O)cc1CNc1cc(F)cc(Cl)c1. The fourth-order valence-electron chi connectivity index (χ4n) is 1.65. The highest BCUT2D eigenvalue weighted by molar-refractivity contribution is 6.30. The number of hydrogen-bond acceptors (Lipinski definition) is 3. The van der Waals surface area contributed by atoms with Gasteiger partial charge in [0.2, 0.25) is 5.76 Å². The lowest BCUT2D eigenvalue weighted by molar-refractivity contribution is 0.0661. The van der Waals surface area contributed by atoms with Crippen LogP contribution in [-0.4, -0.2) is 11.1 Å². The molecular weight excluding hydrogens is 273 g/mol. The highest BCUT2D eigenvalue weighted by Crippen LogP contribution is 2.20. The van der Waals surface area contributed by atoms with Crippen molar-refractivity contribution in [2.24, 2.45) is 0 Å². The van der Waals surface area contributed by atoms with Crippen molar-refractivity contribution in [1.82, 2.24) is 0 Å². The number of hydrogen-bond donors (Lipinski definition) is 2. The van der Waals surface area contributed by atoms with Crippen molar-refractivity contribution in [3.8, 4) is 0 Å². The number of carboxylic acid groups (broad SMARTS) is 1. The molecule has 19 heavy (non-hydrogen) atoms. The van der Waals surface area contributed by atoms with Crippen molar-refractivity contribution in [3.63, 3.8) is 0 Å². The van der Waals surface area contributed by atoms with E-state index in [0.29, 0.717) is 23.6 Å². The molecular formula is C13H11ClFNO3. The van der Waals surface area contributed by atoms with Gasteiger partial charge in [0, 0.05) is 22.8 Å². The lowest BCUT2D eigenvalue weighted by Crippen LogP contribution is -2.00. The molecule has 0 bridgehead atoms. The quantitative estimate of drug-likeness (QED) is 0.898. The van der Waals surface area contributed by atoms with E-state index in [0.717, 1.165) is 0 Å². The summed E-state index contributed by atoms with van der Waals surface area (Å²) in [6.45, 7) is 1.99. The number of rotatable bonds is 4. The van der Waals surface area contributed by atoms with Gasteiger partial charge in [-0.3, -0.25) is 0 Å². The van der Waals surface area contributed by atoms with Crippen molar-refractivity contribution in [3.05, 3.63) is 52.2 Å². The Bertz CT molecular complexity index is 604. The summed E-state index contributed by atoms with van der Waals surface area (Å²) in [5, 5.41) is 12.0. The fourth-order valence-corrected chi connectivity index (χ4v) is 1.88. The zero-order chi connectivity index (χ0) is 14.0. The van der Waals surface area contributed by atoms with E-state index in [-0.39, 0.29) is 10.8 Å². The van der Waals surface area contributed by atoms with E-state index in [4.69, 9.17) is 21.1 Å². The molecule has 0 amide bonds. The van der Waals surface area contributed by atoms with E-state index in [1.807, 2.05) is 0 Å². The van der Waals surface area contributed by atoms with Crippen molar-refractivity contribution in [2.45, 2.75) is 13.5 Å². The van der Waals surface area contributed by atoms with Crippen LogP contribution in [0.25, 0.3) is 0 Å². The molecule has 0 unspecified atom stereocenters. The van der Waals surface area contributed by atoms with E-state index in [9.17, 15) is 9.18 Å². The second-order valence-electron chi connectivity index (χ2n) is 4.01. The predicted molar refractivity (Wildman–Crippen MR) is 69.1 cm³/mol. The molecule has 100 valence electrons. The van der Waals surface area contributed by atoms with Gasteiger partial charge < -0.3 is 14.8 Å². The van der Waals surface area contributed by atoms with Crippen LogP contribution < -0.4 is 5.32 Å². The maximum atomic E-state index is 13.1. The number of aromatic carboxylic acids is 1. The Morgan fingerprint density at radius 3 is 2.74 bits per heavy atom. The molecule has 1 aromatic heterocycles. The van der Waals surface area contributed by atoms with Gasteiger partial charge in [0.25, 0.3) is 0 Å². The van der Waals surface area contributed by atoms with Crippen LogP contribution in [0.15, 0.2) is 28.7 Å². The number of benzene rings is 1. The van der Waals surface area contributed by atoms with Crippen molar-refractivity contribution >= 4 is 23.3 Å². The Balaban J connectivity index is 2.12. The molecule has 0 spiro atoms. The Labute approximate surface area is 113 Å². The van der Waals surface area contributed by atoms with E-state index in [1.165, 1.54) is 18.2 Å². The van der Waals surface area contributed by atoms with Crippen LogP contribution in [0.4, 0.5) is 10.1 Å². The molecule has 6 heteroatoms. The van der Waals surface area contributed by atoms with Crippen LogP contribution in [0, 0.1) is 12.7 Å². The summed E-state index contributed by atoms with van der Waals surface area (Å²) in [5.74, 6) is -1.17. The molecule has 1 aromatic carbocycles. The molecule has 0 saturated heterocycles. The van der Waals surface area contributed by atoms with Crippen LogP contribution in [0.5, 0.6) is 0 Å². The zero-order valence-electron chi connectivity index (χ0n) is 10.0. The fraction of sp³-hybridized carbons (Fsp3) is 0.154. The predicted octanol–water partition coefficient (Wildman–Crippen LogP) is 3.69. The largest absolute Gasteiger partial charge is 0.475 e. The van der Waals surface area contributed by atoms with Crippen molar-refractivity contribution < 1.29 is 18.7 Å². The van der Waals surface area contributed by atoms with Crippen LogP contribution in [0.1, 0.15) is 21.9 Å². The summed E-state index contributed by atoms with van der Waals surface area (Å²) >= 11 is 5.73. The number of carbonyl (C=O) groups is 1. The number of furan rings is 1. The van der Waals surface area contributed by atoms with Gasteiger partial charge in [-0.15, -0.1) is 0 Å². The number of anilines is 1. The van der Waals surface area contributed by atoms with E-state index in [1.54, 1.807) is 13.0 Å². The minimum atomic E-state index is -1.12. The van der Waals surface area contributed by atoms with Gasteiger partial charge in [0.05, 0.1) is 0 Å². The van der Waals surface area contributed by atoms with E-state index in [2.05, 4.69) is 5.32 Å². The molecule has 0 atom stereocenters. The molecule has 0 fully saturated rings. The minimum Gasteiger partial charge on any atom is -0.475 e. The lowest BCUT2D eigenvalue weighted by Gasteiger charge is -2.06. The first-order chi connectivity index (χ1) is 8.95. The molecule has 0 aliphatic heterocycles. The zero-order valence-corrected chi connectivity index (χ0v) is 10.8. The second-order valence-corrected chi connectivity index (χ2v) is 4.45. The molecule has 0 radical (unpaired) electrons. The summed E-state index contributed by atoms with van der Waals surface area (Å²) in [4.78, 5) is 10.7. The van der Waals surface area contributed by atoms with Crippen LogP contribution in [0.2, 0.25) is 5.02 Å². The van der Waals surface area contributed by atoms with Crippen LogP contribution in [0.3, 0.4) is 0 Å². The Kier molecular flexibility index (Phi) is 3.76. The van der Waals surface area contributed by atoms with Crippen molar-refractivity contribution in [1.29, 1.82) is 0 Å². The standard InChI is InChI=1S/C13H11ClFNO3/c1-7-8(2-12(19-7)13(17)18)6-16-11-4-9(14)3-10(15)5-11/h2-5,16H,6H2,1H3,(H,17,18). The topological polar surface area (TPSA) is 62.5 Å². The van der Waals surface area contributed by atoms with Crippen LogP contribution in [-0.2, 0) is 6.54 Å². The molecule has 0 saturated carbocycles. The number of aryl methyl sites for hydroxylation is 1. The smallest absolute Gasteiger partial charge is 0.371 e. The maximum absolute atomic E-state index is 13.1. The third kappa shape index (κ3) is 3.26. The normalized spacial score (nSPS) is 10.5. The number of nitrogens with one attached hydrogen (secondary N) is 1. The van der Waals surface area contributed by atoms with Gasteiger partial charge in [-0.25, -0.2) is 9.18 Å². The van der Waals surface area contributed by atoms with Gasteiger partial charge in [-0.2, -0.15) is 0 Å². The molecule has 2 rings (SSSR count). The summed E-state index contributed by atoms with van der Waals surface area (Å²) < 4.78 is 18.2. The Hall–Kier alpha value is -2.01. The first-order valence-corrected chi connectivity index (χ1v) is 5.86. The van der Waals surface area contributed by atoms with Gasteiger partial charge in [0.1, 0.15) is 11.6 Å². The second kappa shape index (κ2) is 5.32. The lowest BCUT2D eigenvalue weighted by atomic mass is 10.2. The third-order valence-electron chi connectivity index (χ3n) is 2.58. The summed E-state index contributed by atoms with van der Waals surface area (Å²) in [7, 11) is 0. The Morgan fingerprint density at radius 1 is 1.42 bits per heavy atom. The first-order valence-electron chi connectivity index (χ1n) is 5.48. The number of halogens is 2. The summed E-state index contributed by atoms with van der Waals surface area (Å²) in [6.07, 6.45) is 0. The number of carboxylic acids is 1. The van der Waals surface area contributed by atoms with Gasteiger partial charge in [-0.1, -0.05) is 11.6 Å². The highest BCUT2D eigenvalue weighted by Gasteiger charge is 2.12. The third-order valence-corrected chi connectivity index (χ3v) is 2.80. The average molecular weight is 284 g/mol. The van der Waals surface area contributed by atoms with Crippen LogP contribution >= 0.6 is 11.6 Å². The monoisotopic (exact) mass is 283 g/mol. The molecule has 2 aromatic rings. The summed E-state index contributed by atoms with van der Waals surface area (Å²) in [6, 6.07) is 5.53. The molecule has 0 aliphatic carbocycles. The first kappa shape index (κ1) is 13.4. The van der Waals surface area contributed by atoms with E-state index >= 15 is 0 Å². The highest BCUT2D eigenvalue weighted by atomic mass is 35.5.